The van der Waals surface area contributed by atoms with Crippen molar-refractivity contribution in [3.63, 3.8) is 0 Å². The maximum Gasteiger partial charge on any atom is 0.294 e. The molecule has 0 spiro atoms. The number of carbonyl (C=O) groups excluding carboxylic acids is 2. The molecule has 0 aromatic heterocycles. The molecule has 2 rings (SSSR count). The fourth-order valence-electron chi connectivity index (χ4n) is 1.53. The number of Topliss-reactive ketones (excluding diaryl/α,β-unsaturated/α-hetero) is 1. The second-order valence-electron chi connectivity index (χ2n) is 3.32. The van der Waals surface area contributed by atoms with E-state index in [1.54, 1.807) is 0 Å². The molecule has 1 fully saturated rings. The van der Waals surface area contributed by atoms with Crippen LogP contribution in [0.4, 0.5) is 18.9 Å². The molecule has 1 aliphatic heterocycles. The van der Waals surface area contributed by atoms with Gasteiger partial charge in [-0.05, 0) is 12.1 Å². The normalized spacial score (nSPS) is 16.1. The predicted octanol–water partition coefficient (Wildman–Crippen LogP) is 1.41. The van der Waals surface area contributed by atoms with Gasteiger partial charge in [0.2, 0.25) is 5.78 Å². The van der Waals surface area contributed by atoms with Gasteiger partial charge >= 0.3 is 0 Å². The highest BCUT2D eigenvalue weighted by Gasteiger charge is 2.33. The van der Waals surface area contributed by atoms with Gasteiger partial charge in [-0.25, -0.2) is 13.2 Å². The average Bonchev–Trinajstić information content (AvgIpc) is 2.58. The highest BCUT2D eigenvalue weighted by molar-refractivity contribution is 6.43. The first-order valence-electron chi connectivity index (χ1n) is 4.50. The van der Waals surface area contributed by atoms with Gasteiger partial charge in [-0.15, -0.1) is 0 Å². The Balaban J connectivity index is 2.46. The van der Waals surface area contributed by atoms with Crippen molar-refractivity contribution in [2.75, 3.05) is 11.4 Å². The van der Waals surface area contributed by atoms with Gasteiger partial charge in [0.05, 0.1) is 5.69 Å². The zero-order chi connectivity index (χ0) is 11.9. The molecule has 0 bridgehead atoms. The van der Waals surface area contributed by atoms with Gasteiger partial charge in [0, 0.05) is 13.0 Å². The molecule has 16 heavy (non-hydrogen) atoms. The minimum Gasteiger partial charge on any atom is -0.302 e. The molecule has 6 heteroatoms. The summed E-state index contributed by atoms with van der Waals surface area (Å²) in [5, 5.41) is 0. The van der Waals surface area contributed by atoms with Crippen LogP contribution in [0, 0.1) is 17.5 Å². The molecular weight excluding hydrogens is 223 g/mol. The molecule has 0 aliphatic carbocycles. The van der Waals surface area contributed by atoms with E-state index in [4.69, 9.17) is 0 Å². The van der Waals surface area contributed by atoms with Crippen LogP contribution in [-0.4, -0.2) is 18.2 Å². The van der Waals surface area contributed by atoms with E-state index in [0.29, 0.717) is 6.07 Å². The molecule has 1 saturated heterocycles. The lowest BCUT2D eigenvalue weighted by Gasteiger charge is -2.15. The summed E-state index contributed by atoms with van der Waals surface area (Å²) in [4.78, 5) is 23.0. The van der Waals surface area contributed by atoms with Gasteiger partial charge < -0.3 is 4.90 Å². The van der Waals surface area contributed by atoms with Crippen LogP contribution in [0.2, 0.25) is 0 Å². The van der Waals surface area contributed by atoms with Crippen LogP contribution in [-0.2, 0) is 9.59 Å². The molecule has 1 amide bonds. The lowest BCUT2D eigenvalue weighted by atomic mass is 10.2. The van der Waals surface area contributed by atoms with Crippen LogP contribution in [0.15, 0.2) is 12.1 Å². The minimum absolute atomic E-state index is 0.0142. The number of halogens is 3. The Morgan fingerprint density at radius 3 is 2.31 bits per heavy atom. The third kappa shape index (κ3) is 1.46. The predicted molar refractivity (Wildman–Crippen MR) is 48.3 cm³/mol. The van der Waals surface area contributed by atoms with Crippen LogP contribution in [0.5, 0.6) is 0 Å². The summed E-state index contributed by atoms with van der Waals surface area (Å²) in [6.45, 7) is -0.0142. The number of ketones is 1. The van der Waals surface area contributed by atoms with Crippen molar-refractivity contribution in [2.45, 2.75) is 6.42 Å². The maximum atomic E-state index is 13.3. The van der Waals surface area contributed by atoms with Gasteiger partial charge in [-0.3, -0.25) is 9.59 Å². The third-order valence-corrected chi connectivity index (χ3v) is 2.35. The summed E-state index contributed by atoms with van der Waals surface area (Å²) < 4.78 is 38.8. The van der Waals surface area contributed by atoms with E-state index >= 15 is 0 Å². The fraction of sp³-hybridized carbons (Fsp3) is 0.200. The molecule has 1 aromatic carbocycles. The van der Waals surface area contributed by atoms with E-state index in [1.807, 2.05) is 0 Å². The van der Waals surface area contributed by atoms with Gasteiger partial charge in [0.1, 0.15) is 0 Å². The summed E-state index contributed by atoms with van der Waals surface area (Å²) in [5.41, 5.74) is -0.408. The second-order valence-corrected chi connectivity index (χ2v) is 3.32. The first-order valence-corrected chi connectivity index (χ1v) is 4.50. The number of amides is 1. The van der Waals surface area contributed by atoms with Crippen molar-refractivity contribution in [1.29, 1.82) is 0 Å². The number of benzene rings is 1. The van der Waals surface area contributed by atoms with Crippen molar-refractivity contribution in [2.24, 2.45) is 0 Å². The molecule has 84 valence electrons. The standard InChI is InChI=1S/C10H6F3NO2/c11-5-1-2-6(9(13)8(5)12)14-4-3-7(15)10(14)16/h1-2H,3-4H2. The van der Waals surface area contributed by atoms with Crippen LogP contribution in [0.3, 0.4) is 0 Å². The maximum absolute atomic E-state index is 13.3. The SMILES string of the molecule is O=C1CCN(c2ccc(F)c(F)c2F)C1=O. The van der Waals surface area contributed by atoms with Crippen molar-refractivity contribution < 1.29 is 22.8 Å². The largest absolute Gasteiger partial charge is 0.302 e. The summed E-state index contributed by atoms with van der Waals surface area (Å²) >= 11 is 0. The number of hydrogen-bond donors (Lipinski definition) is 0. The third-order valence-electron chi connectivity index (χ3n) is 2.35. The van der Waals surface area contributed by atoms with Crippen molar-refractivity contribution in [3.8, 4) is 0 Å². The van der Waals surface area contributed by atoms with E-state index in [9.17, 15) is 22.8 Å². The molecule has 0 N–H and O–H groups in total. The minimum atomic E-state index is -1.65. The van der Waals surface area contributed by atoms with Crippen molar-refractivity contribution in [3.05, 3.63) is 29.6 Å². The van der Waals surface area contributed by atoms with Gasteiger partial charge in [0.15, 0.2) is 17.5 Å². The fourth-order valence-corrected chi connectivity index (χ4v) is 1.53. The summed E-state index contributed by atoms with van der Waals surface area (Å²) in [6, 6.07) is 1.65. The number of carbonyl (C=O) groups is 2. The Hall–Kier alpha value is -1.85. The topological polar surface area (TPSA) is 37.4 Å². The summed E-state index contributed by atoms with van der Waals surface area (Å²) in [5.74, 6) is -6.00. The van der Waals surface area contributed by atoms with Crippen molar-refractivity contribution >= 4 is 17.4 Å². The van der Waals surface area contributed by atoms with E-state index in [2.05, 4.69) is 0 Å². The Morgan fingerprint density at radius 1 is 1.06 bits per heavy atom. The van der Waals surface area contributed by atoms with E-state index < -0.39 is 34.8 Å². The van der Waals surface area contributed by atoms with E-state index in [-0.39, 0.29) is 13.0 Å². The smallest absolute Gasteiger partial charge is 0.294 e. The van der Waals surface area contributed by atoms with Crippen LogP contribution in [0.1, 0.15) is 6.42 Å². The van der Waals surface area contributed by atoms with E-state index in [0.717, 1.165) is 11.0 Å². The van der Waals surface area contributed by atoms with Crippen molar-refractivity contribution in [1.82, 2.24) is 0 Å². The first kappa shape index (κ1) is 10.7. The zero-order valence-corrected chi connectivity index (χ0v) is 7.97. The first-order chi connectivity index (χ1) is 7.52. The number of anilines is 1. The van der Waals surface area contributed by atoms with Gasteiger partial charge in [-0.2, -0.15) is 0 Å². The summed E-state index contributed by atoms with van der Waals surface area (Å²) in [7, 11) is 0. The Morgan fingerprint density at radius 2 is 1.75 bits per heavy atom. The van der Waals surface area contributed by atoms with Crippen LogP contribution < -0.4 is 4.90 Å². The molecule has 0 unspecified atom stereocenters. The highest BCUT2D eigenvalue weighted by atomic mass is 19.2. The molecular formula is C10H6F3NO2. The van der Waals surface area contributed by atoms with E-state index in [1.165, 1.54) is 0 Å². The van der Waals surface area contributed by atoms with Crippen LogP contribution >= 0.6 is 0 Å². The molecule has 1 aliphatic rings. The molecule has 0 atom stereocenters. The molecule has 3 nitrogen and oxygen atoms in total. The molecule has 0 radical (unpaired) electrons. The van der Waals surface area contributed by atoms with Gasteiger partial charge in [0.25, 0.3) is 5.91 Å². The lowest BCUT2D eigenvalue weighted by Crippen LogP contribution is -2.28. The monoisotopic (exact) mass is 229 g/mol. The molecule has 1 heterocycles. The number of rotatable bonds is 1. The zero-order valence-electron chi connectivity index (χ0n) is 7.97. The Labute approximate surface area is 88.5 Å². The quantitative estimate of drug-likeness (QED) is 0.539. The van der Waals surface area contributed by atoms with Crippen LogP contribution in [0.25, 0.3) is 0 Å². The molecule has 1 aromatic rings. The highest BCUT2D eigenvalue weighted by Crippen LogP contribution is 2.26. The number of nitrogens with zero attached hydrogens (tertiary/aromatic N) is 1. The average molecular weight is 229 g/mol. The lowest BCUT2D eigenvalue weighted by molar-refractivity contribution is -0.133. The number of hydrogen-bond acceptors (Lipinski definition) is 2. The summed E-state index contributed by atoms with van der Waals surface area (Å²) in [6.07, 6.45) is -0.0444. The Kier molecular flexibility index (Phi) is 2.41. The molecule has 0 saturated carbocycles. The van der Waals surface area contributed by atoms with Gasteiger partial charge in [-0.1, -0.05) is 0 Å². The Bertz CT molecular complexity index is 487. The second kappa shape index (κ2) is 3.62.